The number of hydrogen-bond donors (Lipinski definition) is 0. The van der Waals surface area contributed by atoms with Crippen molar-refractivity contribution in [3.05, 3.63) is 42.5 Å². The van der Waals surface area contributed by atoms with Crippen LogP contribution in [0, 0.1) is 0 Å². The van der Waals surface area contributed by atoms with Gasteiger partial charge in [-0.25, -0.2) is 0 Å². The van der Waals surface area contributed by atoms with Crippen molar-refractivity contribution in [2.24, 2.45) is 10.2 Å². The van der Waals surface area contributed by atoms with Gasteiger partial charge in [-0.1, -0.05) is 13.8 Å². The molecule has 0 aliphatic rings. The fourth-order valence-electron chi connectivity index (χ4n) is 2.29. The van der Waals surface area contributed by atoms with Crippen molar-refractivity contribution in [1.29, 1.82) is 0 Å². The van der Waals surface area contributed by atoms with E-state index < -0.39 is 7.60 Å². The molecule has 2 aromatic carbocycles. The molecule has 0 bridgehead atoms. The molecular formula is C20H27N2O5P. The summed E-state index contributed by atoms with van der Waals surface area (Å²) in [5.41, 5.74) is 1.05. The minimum atomic E-state index is -3.57. The van der Waals surface area contributed by atoms with Crippen LogP contribution in [-0.4, -0.2) is 27.4 Å². The number of benzene rings is 2. The zero-order valence-electron chi connectivity index (χ0n) is 16.8. The quantitative estimate of drug-likeness (QED) is 0.349. The topological polar surface area (TPSA) is 78.7 Å². The van der Waals surface area contributed by atoms with Gasteiger partial charge in [0.15, 0.2) is 0 Å². The van der Waals surface area contributed by atoms with E-state index in [9.17, 15) is 4.57 Å². The van der Waals surface area contributed by atoms with E-state index in [1.807, 2.05) is 13.8 Å². The second-order valence-corrected chi connectivity index (χ2v) is 7.91. The molecule has 152 valence electrons. The highest BCUT2D eigenvalue weighted by Crippen LogP contribution is 2.50. The van der Waals surface area contributed by atoms with Crippen LogP contribution >= 0.6 is 7.60 Å². The van der Waals surface area contributed by atoms with Gasteiger partial charge in [-0.3, -0.25) is 4.57 Å². The Morgan fingerprint density at radius 1 is 0.821 bits per heavy atom. The maximum atomic E-state index is 13.5. The molecule has 0 amide bonds. The van der Waals surface area contributed by atoms with Gasteiger partial charge in [-0.15, -0.1) is 5.11 Å². The molecular weight excluding hydrogens is 379 g/mol. The first-order valence-corrected chi connectivity index (χ1v) is 10.7. The smallest absolute Gasteiger partial charge is 0.363 e. The third-order valence-corrected chi connectivity index (χ3v) is 5.75. The summed E-state index contributed by atoms with van der Waals surface area (Å²) in [5, 5.41) is 8.86. The van der Waals surface area contributed by atoms with Crippen LogP contribution in [0.25, 0.3) is 0 Å². The number of hydrogen-bond acceptors (Lipinski definition) is 7. The van der Waals surface area contributed by atoms with Crippen LogP contribution in [0.5, 0.6) is 11.5 Å². The summed E-state index contributed by atoms with van der Waals surface area (Å²) in [7, 11) is -0.425. The SMILES string of the molecule is CCCOP(=O)(OCCC)c1cc(OC)ccc1N=Nc1ccc(OC)cc1. The minimum Gasteiger partial charge on any atom is -0.497 e. The average Bonchev–Trinajstić information content (AvgIpc) is 2.75. The van der Waals surface area contributed by atoms with E-state index in [2.05, 4.69) is 10.2 Å². The molecule has 8 heteroatoms. The van der Waals surface area contributed by atoms with Crippen LogP contribution in [0.3, 0.4) is 0 Å². The van der Waals surface area contributed by atoms with Crippen molar-refractivity contribution in [2.75, 3.05) is 27.4 Å². The van der Waals surface area contributed by atoms with Gasteiger partial charge < -0.3 is 18.5 Å². The Kier molecular flexibility index (Phi) is 8.64. The summed E-state index contributed by atoms with van der Waals surface area (Å²) in [6.07, 6.45) is 1.43. The highest BCUT2D eigenvalue weighted by atomic mass is 31.2. The molecule has 0 heterocycles. The molecule has 0 N–H and O–H groups in total. The summed E-state index contributed by atoms with van der Waals surface area (Å²) < 4.78 is 35.2. The zero-order chi connectivity index (χ0) is 20.4. The van der Waals surface area contributed by atoms with Crippen molar-refractivity contribution in [1.82, 2.24) is 0 Å². The average molecular weight is 406 g/mol. The predicted molar refractivity (Wildman–Crippen MR) is 110 cm³/mol. The Labute approximate surface area is 166 Å². The molecule has 0 saturated carbocycles. The summed E-state index contributed by atoms with van der Waals surface area (Å²) in [5.74, 6) is 1.27. The molecule has 0 fully saturated rings. The summed E-state index contributed by atoms with van der Waals surface area (Å²) in [6, 6.07) is 12.2. The summed E-state index contributed by atoms with van der Waals surface area (Å²) in [6.45, 7) is 4.51. The Hall–Kier alpha value is -2.21. The van der Waals surface area contributed by atoms with Gasteiger partial charge in [0.2, 0.25) is 0 Å². The van der Waals surface area contributed by atoms with E-state index in [1.165, 1.54) is 0 Å². The van der Waals surface area contributed by atoms with Crippen LogP contribution in [0.15, 0.2) is 52.7 Å². The predicted octanol–water partition coefficient (Wildman–Crippen LogP) is 5.79. The highest BCUT2D eigenvalue weighted by Gasteiger charge is 2.31. The van der Waals surface area contributed by atoms with E-state index in [4.69, 9.17) is 18.5 Å². The number of azo groups is 1. The van der Waals surface area contributed by atoms with Crippen LogP contribution in [0.2, 0.25) is 0 Å². The lowest BCUT2D eigenvalue weighted by Gasteiger charge is -2.20. The van der Waals surface area contributed by atoms with Gasteiger partial charge in [-0.05, 0) is 55.3 Å². The van der Waals surface area contributed by atoms with E-state index in [-0.39, 0.29) is 0 Å². The van der Waals surface area contributed by atoms with Crippen molar-refractivity contribution >= 4 is 24.3 Å². The molecule has 0 spiro atoms. The van der Waals surface area contributed by atoms with Gasteiger partial charge in [0.05, 0.1) is 38.4 Å². The second kappa shape index (κ2) is 11.0. The third-order valence-electron chi connectivity index (χ3n) is 3.75. The highest BCUT2D eigenvalue weighted by molar-refractivity contribution is 7.62. The maximum absolute atomic E-state index is 13.5. The lowest BCUT2D eigenvalue weighted by Crippen LogP contribution is -2.12. The van der Waals surface area contributed by atoms with Crippen molar-refractivity contribution in [3.63, 3.8) is 0 Å². The number of nitrogens with zero attached hydrogens (tertiary/aromatic N) is 2. The van der Waals surface area contributed by atoms with Crippen molar-refractivity contribution in [3.8, 4) is 11.5 Å². The molecule has 2 aromatic rings. The Morgan fingerprint density at radius 3 is 1.93 bits per heavy atom. The molecule has 0 aromatic heterocycles. The molecule has 2 rings (SSSR count). The van der Waals surface area contributed by atoms with Crippen molar-refractivity contribution in [2.45, 2.75) is 26.7 Å². The van der Waals surface area contributed by atoms with Gasteiger partial charge >= 0.3 is 7.60 Å². The lowest BCUT2D eigenvalue weighted by molar-refractivity contribution is 0.213. The van der Waals surface area contributed by atoms with Gasteiger partial charge in [0.1, 0.15) is 17.2 Å². The molecule has 7 nitrogen and oxygen atoms in total. The van der Waals surface area contributed by atoms with E-state index in [0.29, 0.717) is 48.5 Å². The first-order valence-electron chi connectivity index (χ1n) is 9.19. The van der Waals surface area contributed by atoms with E-state index >= 15 is 0 Å². The largest absolute Gasteiger partial charge is 0.497 e. The van der Waals surface area contributed by atoms with Crippen LogP contribution in [-0.2, 0) is 13.6 Å². The van der Waals surface area contributed by atoms with E-state index in [1.54, 1.807) is 56.7 Å². The molecule has 0 saturated heterocycles. The molecule has 0 atom stereocenters. The van der Waals surface area contributed by atoms with Gasteiger partial charge in [0, 0.05) is 0 Å². The molecule has 0 aliphatic heterocycles. The van der Waals surface area contributed by atoms with Crippen LogP contribution in [0.1, 0.15) is 26.7 Å². The molecule has 28 heavy (non-hydrogen) atoms. The zero-order valence-corrected chi connectivity index (χ0v) is 17.6. The minimum absolute atomic E-state index is 0.313. The summed E-state index contributed by atoms with van der Waals surface area (Å²) in [4.78, 5) is 0. The van der Waals surface area contributed by atoms with Gasteiger partial charge in [0.25, 0.3) is 0 Å². The van der Waals surface area contributed by atoms with Crippen LogP contribution < -0.4 is 14.8 Å². The molecule has 0 unspecified atom stereocenters. The van der Waals surface area contributed by atoms with Crippen molar-refractivity contribution < 1.29 is 23.1 Å². The van der Waals surface area contributed by atoms with Crippen LogP contribution in [0.4, 0.5) is 11.4 Å². The van der Waals surface area contributed by atoms with E-state index in [0.717, 1.165) is 5.75 Å². The third kappa shape index (κ3) is 5.89. The number of methoxy groups -OCH3 is 2. The standard InChI is InChI=1S/C20H27N2O5P/c1-5-13-26-28(23,27-14-6-2)20-15-18(25-4)11-12-19(20)22-21-16-7-9-17(24-3)10-8-16/h7-12,15H,5-6,13-14H2,1-4H3. The summed E-state index contributed by atoms with van der Waals surface area (Å²) >= 11 is 0. The number of ether oxygens (including phenoxy) is 2. The Morgan fingerprint density at radius 2 is 1.39 bits per heavy atom. The normalized spacial score (nSPS) is 11.7. The fraction of sp³-hybridized carbons (Fsp3) is 0.400. The first-order chi connectivity index (χ1) is 13.6. The molecule has 0 aliphatic carbocycles. The van der Waals surface area contributed by atoms with Gasteiger partial charge in [-0.2, -0.15) is 5.11 Å². The Balaban J connectivity index is 2.42. The molecule has 0 radical (unpaired) electrons. The Bertz CT molecular complexity index is 812. The first kappa shape index (κ1) is 22.1. The number of rotatable bonds is 11. The monoisotopic (exact) mass is 406 g/mol. The second-order valence-electron chi connectivity index (χ2n) is 5.92. The fourth-order valence-corrected chi connectivity index (χ4v) is 4.18. The lowest BCUT2D eigenvalue weighted by atomic mass is 10.3. The maximum Gasteiger partial charge on any atom is 0.363 e.